The predicted octanol–water partition coefficient (Wildman–Crippen LogP) is 3.02. The van der Waals surface area contributed by atoms with E-state index in [9.17, 15) is 4.79 Å². The van der Waals surface area contributed by atoms with E-state index in [1.807, 2.05) is 12.1 Å². The Morgan fingerprint density at radius 2 is 2.00 bits per heavy atom. The number of ether oxygens (including phenoxy) is 1. The number of hydrogen-bond acceptors (Lipinski definition) is 3. The SMILES string of the molecule is CCCN(Cc1ccccc1CC(=O)OC)CC1CC1. The number of esters is 1. The molecule has 110 valence electrons. The first-order valence-corrected chi connectivity index (χ1v) is 7.59. The summed E-state index contributed by atoms with van der Waals surface area (Å²) in [6, 6.07) is 8.21. The van der Waals surface area contributed by atoms with Gasteiger partial charge in [0, 0.05) is 13.1 Å². The maximum atomic E-state index is 11.5. The van der Waals surface area contributed by atoms with Crippen LogP contribution in [0.15, 0.2) is 24.3 Å². The van der Waals surface area contributed by atoms with Gasteiger partial charge < -0.3 is 4.74 Å². The van der Waals surface area contributed by atoms with Crippen LogP contribution in [-0.4, -0.2) is 31.1 Å². The van der Waals surface area contributed by atoms with E-state index in [4.69, 9.17) is 4.74 Å². The first kappa shape index (κ1) is 15.0. The van der Waals surface area contributed by atoms with E-state index in [2.05, 4.69) is 24.0 Å². The van der Waals surface area contributed by atoms with Crippen molar-refractivity contribution in [1.82, 2.24) is 4.90 Å². The van der Waals surface area contributed by atoms with Crippen LogP contribution in [0, 0.1) is 5.92 Å². The van der Waals surface area contributed by atoms with Crippen molar-refractivity contribution in [2.75, 3.05) is 20.2 Å². The van der Waals surface area contributed by atoms with E-state index >= 15 is 0 Å². The van der Waals surface area contributed by atoms with Crippen LogP contribution in [0.1, 0.15) is 37.3 Å². The molecule has 3 nitrogen and oxygen atoms in total. The van der Waals surface area contributed by atoms with E-state index < -0.39 is 0 Å². The molecule has 2 rings (SSSR count). The van der Waals surface area contributed by atoms with E-state index in [0.717, 1.165) is 24.6 Å². The lowest BCUT2D eigenvalue weighted by molar-refractivity contribution is -0.139. The lowest BCUT2D eigenvalue weighted by Gasteiger charge is -2.23. The molecule has 1 aromatic carbocycles. The Hall–Kier alpha value is -1.35. The standard InChI is InChI=1S/C17H25NO2/c1-3-10-18(12-14-8-9-14)13-16-7-5-4-6-15(16)11-17(19)20-2/h4-7,14H,3,8-13H2,1-2H3. The smallest absolute Gasteiger partial charge is 0.309 e. The average molecular weight is 275 g/mol. The van der Waals surface area contributed by atoms with Crippen molar-refractivity contribution in [3.05, 3.63) is 35.4 Å². The van der Waals surface area contributed by atoms with Crippen LogP contribution < -0.4 is 0 Å². The maximum Gasteiger partial charge on any atom is 0.309 e. The molecule has 0 unspecified atom stereocenters. The summed E-state index contributed by atoms with van der Waals surface area (Å²) in [5.41, 5.74) is 2.35. The zero-order valence-electron chi connectivity index (χ0n) is 12.6. The van der Waals surface area contributed by atoms with Crippen molar-refractivity contribution < 1.29 is 9.53 Å². The lowest BCUT2D eigenvalue weighted by atomic mass is 10.0. The fourth-order valence-corrected chi connectivity index (χ4v) is 2.57. The second-order valence-corrected chi connectivity index (χ2v) is 5.70. The summed E-state index contributed by atoms with van der Waals surface area (Å²) in [4.78, 5) is 14.0. The minimum absolute atomic E-state index is 0.165. The molecule has 1 aliphatic carbocycles. The minimum atomic E-state index is -0.165. The largest absolute Gasteiger partial charge is 0.469 e. The molecule has 0 bridgehead atoms. The Balaban J connectivity index is 2.03. The molecule has 20 heavy (non-hydrogen) atoms. The predicted molar refractivity (Wildman–Crippen MR) is 80.5 cm³/mol. The van der Waals surface area contributed by atoms with Gasteiger partial charge in [0.2, 0.25) is 0 Å². The van der Waals surface area contributed by atoms with Crippen LogP contribution in [0.4, 0.5) is 0 Å². The highest BCUT2D eigenvalue weighted by atomic mass is 16.5. The van der Waals surface area contributed by atoms with Gasteiger partial charge in [-0.05, 0) is 42.9 Å². The van der Waals surface area contributed by atoms with Gasteiger partial charge in [0.15, 0.2) is 0 Å². The molecular formula is C17H25NO2. The number of nitrogens with zero attached hydrogens (tertiary/aromatic N) is 1. The summed E-state index contributed by atoms with van der Waals surface area (Å²) in [5.74, 6) is 0.732. The Labute approximate surface area is 121 Å². The first-order chi connectivity index (χ1) is 9.72. The highest BCUT2D eigenvalue weighted by molar-refractivity contribution is 5.72. The molecule has 0 N–H and O–H groups in total. The van der Waals surface area contributed by atoms with E-state index in [1.165, 1.54) is 38.5 Å². The third-order valence-corrected chi connectivity index (χ3v) is 3.83. The van der Waals surface area contributed by atoms with Crippen molar-refractivity contribution >= 4 is 5.97 Å². The van der Waals surface area contributed by atoms with Crippen molar-refractivity contribution in [3.63, 3.8) is 0 Å². The second kappa shape index (κ2) is 7.44. The minimum Gasteiger partial charge on any atom is -0.469 e. The normalized spacial score (nSPS) is 14.6. The number of carbonyl (C=O) groups excluding carboxylic acids is 1. The summed E-state index contributed by atoms with van der Waals surface area (Å²) in [7, 11) is 1.45. The highest BCUT2D eigenvalue weighted by Gasteiger charge is 2.24. The molecule has 0 radical (unpaired) electrons. The van der Waals surface area contributed by atoms with Gasteiger partial charge in [0.05, 0.1) is 13.5 Å². The fourth-order valence-electron chi connectivity index (χ4n) is 2.57. The van der Waals surface area contributed by atoms with Crippen molar-refractivity contribution in [1.29, 1.82) is 0 Å². The summed E-state index contributed by atoms with van der Waals surface area (Å²) in [6.45, 7) is 5.49. The Bertz CT molecular complexity index is 440. The quantitative estimate of drug-likeness (QED) is 0.683. The number of benzene rings is 1. The van der Waals surface area contributed by atoms with Crippen LogP contribution in [-0.2, 0) is 22.5 Å². The molecule has 0 aromatic heterocycles. The van der Waals surface area contributed by atoms with E-state index in [1.54, 1.807) is 0 Å². The Morgan fingerprint density at radius 1 is 1.30 bits per heavy atom. The fraction of sp³-hybridized carbons (Fsp3) is 0.588. The van der Waals surface area contributed by atoms with Crippen molar-refractivity contribution in [2.45, 2.75) is 39.2 Å². The molecule has 0 spiro atoms. The summed E-state index contributed by atoms with van der Waals surface area (Å²) in [6.07, 6.45) is 4.30. The van der Waals surface area contributed by atoms with Crippen LogP contribution in [0.3, 0.4) is 0 Å². The van der Waals surface area contributed by atoms with Crippen LogP contribution >= 0.6 is 0 Å². The zero-order valence-corrected chi connectivity index (χ0v) is 12.6. The number of hydrogen-bond donors (Lipinski definition) is 0. The lowest BCUT2D eigenvalue weighted by Crippen LogP contribution is -2.27. The number of rotatable bonds is 8. The molecule has 1 aromatic rings. The Kier molecular flexibility index (Phi) is 5.60. The molecule has 0 saturated heterocycles. The van der Waals surface area contributed by atoms with E-state index in [-0.39, 0.29) is 5.97 Å². The van der Waals surface area contributed by atoms with Gasteiger partial charge in [-0.2, -0.15) is 0 Å². The zero-order chi connectivity index (χ0) is 14.4. The molecule has 1 aliphatic rings. The topological polar surface area (TPSA) is 29.5 Å². The maximum absolute atomic E-state index is 11.5. The van der Waals surface area contributed by atoms with Gasteiger partial charge in [0.25, 0.3) is 0 Å². The monoisotopic (exact) mass is 275 g/mol. The van der Waals surface area contributed by atoms with Gasteiger partial charge in [0.1, 0.15) is 0 Å². The molecule has 0 heterocycles. The third kappa shape index (κ3) is 4.64. The molecule has 1 fully saturated rings. The summed E-state index contributed by atoms with van der Waals surface area (Å²) < 4.78 is 4.78. The molecule has 0 aliphatic heterocycles. The van der Waals surface area contributed by atoms with E-state index in [0.29, 0.717) is 6.42 Å². The van der Waals surface area contributed by atoms with Crippen LogP contribution in [0.25, 0.3) is 0 Å². The number of carbonyl (C=O) groups is 1. The second-order valence-electron chi connectivity index (χ2n) is 5.70. The highest BCUT2D eigenvalue weighted by Crippen LogP contribution is 2.30. The molecule has 0 atom stereocenters. The Morgan fingerprint density at radius 3 is 2.60 bits per heavy atom. The van der Waals surface area contributed by atoms with Gasteiger partial charge >= 0.3 is 5.97 Å². The van der Waals surface area contributed by atoms with Crippen molar-refractivity contribution in [2.24, 2.45) is 5.92 Å². The van der Waals surface area contributed by atoms with Gasteiger partial charge in [-0.15, -0.1) is 0 Å². The van der Waals surface area contributed by atoms with Gasteiger partial charge in [-0.3, -0.25) is 9.69 Å². The van der Waals surface area contributed by atoms with Crippen LogP contribution in [0.2, 0.25) is 0 Å². The first-order valence-electron chi connectivity index (χ1n) is 7.59. The molecule has 1 saturated carbocycles. The number of methoxy groups -OCH3 is 1. The average Bonchev–Trinajstić information content (AvgIpc) is 3.25. The molecule has 0 amide bonds. The summed E-state index contributed by atoms with van der Waals surface area (Å²) in [5, 5.41) is 0. The molecular weight excluding hydrogens is 250 g/mol. The van der Waals surface area contributed by atoms with Gasteiger partial charge in [-0.1, -0.05) is 31.2 Å². The van der Waals surface area contributed by atoms with Crippen molar-refractivity contribution in [3.8, 4) is 0 Å². The van der Waals surface area contributed by atoms with Gasteiger partial charge in [-0.25, -0.2) is 0 Å². The third-order valence-electron chi connectivity index (χ3n) is 3.83. The van der Waals surface area contributed by atoms with Crippen LogP contribution in [0.5, 0.6) is 0 Å². The summed E-state index contributed by atoms with van der Waals surface area (Å²) >= 11 is 0. The molecule has 3 heteroatoms.